The maximum atomic E-state index is 10.8. The molecule has 1 atom stereocenters. The van der Waals surface area contributed by atoms with Crippen molar-refractivity contribution in [3.8, 4) is 0 Å². The third kappa shape index (κ3) is 2.41. The molecule has 1 aromatic heterocycles. The number of nitrogens with zero attached hydrogens (tertiary/aromatic N) is 1. The monoisotopic (exact) mass is 191 g/mol. The van der Waals surface area contributed by atoms with Gasteiger partial charge in [0.25, 0.3) is 0 Å². The number of pyridine rings is 1. The van der Waals surface area contributed by atoms with Crippen molar-refractivity contribution in [1.29, 1.82) is 0 Å². The van der Waals surface area contributed by atoms with Crippen molar-refractivity contribution in [2.75, 3.05) is 0 Å². The summed E-state index contributed by atoms with van der Waals surface area (Å²) in [5.74, 6) is 0.480. The van der Waals surface area contributed by atoms with E-state index < -0.39 is 0 Å². The van der Waals surface area contributed by atoms with Gasteiger partial charge in [0.15, 0.2) is 6.29 Å². The van der Waals surface area contributed by atoms with Gasteiger partial charge in [-0.2, -0.15) is 0 Å². The van der Waals surface area contributed by atoms with Crippen LogP contribution in [0.15, 0.2) is 18.3 Å². The minimum Gasteiger partial charge on any atom is -0.296 e. The predicted molar refractivity (Wildman–Crippen MR) is 57.6 cm³/mol. The van der Waals surface area contributed by atoms with E-state index in [9.17, 15) is 4.79 Å². The molecule has 0 N–H and O–H groups in total. The topological polar surface area (TPSA) is 30.0 Å². The van der Waals surface area contributed by atoms with Crippen LogP contribution in [0.25, 0.3) is 0 Å². The van der Waals surface area contributed by atoms with Crippen LogP contribution in [0.1, 0.15) is 55.1 Å². The highest BCUT2D eigenvalue weighted by Gasteiger charge is 2.12. The van der Waals surface area contributed by atoms with Gasteiger partial charge in [-0.1, -0.05) is 26.3 Å². The first-order valence-corrected chi connectivity index (χ1v) is 5.23. The molecule has 0 aliphatic heterocycles. The summed E-state index contributed by atoms with van der Waals surface area (Å²) < 4.78 is 0. The second kappa shape index (κ2) is 5.53. The molecule has 0 fully saturated rings. The van der Waals surface area contributed by atoms with Crippen LogP contribution < -0.4 is 0 Å². The number of hydrogen-bond donors (Lipinski definition) is 0. The molecular weight excluding hydrogens is 174 g/mol. The van der Waals surface area contributed by atoms with Gasteiger partial charge >= 0.3 is 0 Å². The lowest BCUT2D eigenvalue weighted by Gasteiger charge is -2.15. The van der Waals surface area contributed by atoms with Gasteiger partial charge in [0, 0.05) is 6.20 Å². The first-order valence-electron chi connectivity index (χ1n) is 5.23. The molecule has 2 nitrogen and oxygen atoms in total. The summed E-state index contributed by atoms with van der Waals surface area (Å²) in [4.78, 5) is 14.9. The van der Waals surface area contributed by atoms with Gasteiger partial charge in [0.05, 0.1) is 0 Å². The molecule has 2 heteroatoms. The number of carbonyl (C=O) groups is 1. The van der Waals surface area contributed by atoms with E-state index in [1.807, 2.05) is 12.1 Å². The minimum atomic E-state index is 0.480. The van der Waals surface area contributed by atoms with Crippen LogP contribution in [0.3, 0.4) is 0 Å². The number of carbonyl (C=O) groups excluding carboxylic acids is 1. The molecule has 14 heavy (non-hydrogen) atoms. The zero-order valence-electron chi connectivity index (χ0n) is 8.86. The Kier molecular flexibility index (Phi) is 4.30. The lowest BCUT2D eigenvalue weighted by molar-refractivity contribution is 0.111. The zero-order valence-corrected chi connectivity index (χ0v) is 8.86. The quantitative estimate of drug-likeness (QED) is 0.669. The van der Waals surface area contributed by atoms with Crippen molar-refractivity contribution in [2.24, 2.45) is 0 Å². The van der Waals surface area contributed by atoms with Crippen molar-refractivity contribution in [1.82, 2.24) is 4.98 Å². The van der Waals surface area contributed by atoms with Crippen LogP contribution in [0.4, 0.5) is 0 Å². The standard InChI is InChI=1S/C12H17NO/c1-3-6-10(4-2)11-7-5-8-13-12(11)9-14/h5,7-10H,3-4,6H2,1-2H3. The van der Waals surface area contributed by atoms with E-state index in [0.29, 0.717) is 11.6 Å². The molecule has 0 saturated heterocycles. The molecule has 0 aromatic carbocycles. The van der Waals surface area contributed by atoms with E-state index in [1.54, 1.807) is 6.20 Å². The molecule has 0 spiro atoms. The molecule has 0 saturated carbocycles. The Hall–Kier alpha value is -1.18. The molecule has 0 aliphatic rings. The van der Waals surface area contributed by atoms with Crippen LogP contribution in [0.2, 0.25) is 0 Å². The highest BCUT2D eigenvalue weighted by atomic mass is 16.1. The molecule has 0 radical (unpaired) electrons. The Bertz CT molecular complexity index is 296. The Morgan fingerprint density at radius 2 is 2.29 bits per heavy atom. The van der Waals surface area contributed by atoms with E-state index >= 15 is 0 Å². The van der Waals surface area contributed by atoms with Gasteiger partial charge in [-0.3, -0.25) is 9.78 Å². The Labute approximate surface area is 85.4 Å². The van der Waals surface area contributed by atoms with Crippen LogP contribution in [-0.4, -0.2) is 11.3 Å². The molecule has 0 amide bonds. The molecule has 0 bridgehead atoms. The fourth-order valence-corrected chi connectivity index (χ4v) is 1.80. The molecule has 1 rings (SSSR count). The summed E-state index contributed by atoms with van der Waals surface area (Å²) in [7, 11) is 0. The summed E-state index contributed by atoms with van der Waals surface area (Å²) in [6.45, 7) is 4.32. The van der Waals surface area contributed by atoms with Crippen LogP contribution in [-0.2, 0) is 0 Å². The molecule has 76 valence electrons. The normalized spacial score (nSPS) is 12.4. The average molecular weight is 191 g/mol. The van der Waals surface area contributed by atoms with Crippen LogP contribution in [0.5, 0.6) is 0 Å². The fourth-order valence-electron chi connectivity index (χ4n) is 1.80. The molecular formula is C12H17NO. The second-order valence-electron chi connectivity index (χ2n) is 3.49. The predicted octanol–water partition coefficient (Wildman–Crippen LogP) is 3.19. The maximum Gasteiger partial charge on any atom is 0.168 e. The Morgan fingerprint density at radius 3 is 2.86 bits per heavy atom. The summed E-state index contributed by atoms with van der Waals surface area (Å²) in [6.07, 6.45) is 5.87. The van der Waals surface area contributed by atoms with Gasteiger partial charge in [-0.25, -0.2) is 0 Å². The molecule has 0 aliphatic carbocycles. The van der Waals surface area contributed by atoms with E-state index in [0.717, 1.165) is 31.1 Å². The maximum absolute atomic E-state index is 10.8. The third-order valence-corrected chi connectivity index (χ3v) is 2.55. The molecule has 1 heterocycles. The van der Waals surface area contributed by atoms with Crippen LogP contribution >= 0.6 is 0 Å². The van der Waals surface area contributed by atoms with E-state index in [2.05, 4.69) is 18.8 Å². The lowest BCUT2D eigenvalue weighted by atomic mass is 9.91. The van der Waals surface area contributed by atoms with Gasteiger partial charge in [0.2, 0.25) is 0 Å². The number of rotatable bonds is 5. The largest absolute Gasteiger partial charge is 0.296 e. The minimum absolute atomic E-state index is 0.480. The molecule has 1 unspecified atom stereocenters. The first-order chi connectivity index (χ1) is 6.83. The van der Waals surface area contributed by atoms with E-state index in [1.165, 1.54) is 0 Å². The van der Waals surface area contributed by atoms with Crippen LogP contribution in [0, 0.1) is 0 Å². The lowest BCUT2D eigenvalue weighted by Crippen LogP contribution is -2.03. The van der Waals surface area contributed by atoms with Gasteiger partial charge in [0.1, 0.15) is 5.69 Å². The van der Waals surface area contributed by atoms with Gasteiger partial charge in [-0.15, -0.1) is 0 Å². The number of aromatic nitrogens is 1. The Balaban J connectivity index is 2.95. The summed E-state index contributed by atoms with van der Waals surface area (Å²) in [6, 6.07) is 3.92. The van der Waals surface area contributed by atoms with E-state index in [-0.39, 0.29) is 0 Å². The van der Waals surface area contributed by atoms with Crippen molar-refractivity contribution < 1.29 is 4.79 Å². The van der Waals surface area contributed by atoms with E-state index in [4.69, 9.17) is 0 Å². The van der Waals surface area contributed by atoms with Crippen molar-refractivity contribution in [3.63, 3.8) is 0 Å². The highest BCUT2D eigenvalue weighted by Crippen LogP contribution is 2.25. The van der Waals surface area contributed by atoms with Crippen molar-refractivity contribution in [3.05, 3.63) is 29.6 Å². The smallest absolute Gasteiger partial charge is 0.168 e. The third-order valence-electron chi connectivity index (χ3n) is 2.55. The first kappa shape index (κ1) is 10.9. The Morgan fingerprint density at radius 1 is 1.50 bits per heavy atom. The summed E-state index contributed by atoms with van der Waals surface area (Å²) in [5.41, 5.74) is 1.71. The number of hydrogen-bond acceptors (Lipinski definition) is 2. The van der Waals surface area contributed by atoms with Gasteiger partial charge < -0.3 is 0 Å². The number of aldehydes is 1. The van der Waals surface area contributed by atoms with Gasteiger partial charge in [-0.05, 0) is 30.4 Å². The zero-order chi connectivity index (χ0) is 10.4. The molecule has 1 aromatic rings. The average Bonchev–Trinajstić information content (AvgIpc) is 2.26. The SMILES string of the molecule is CCCC(CC)c1cccnc1C=O. The summed E-state index contributed by atoms with van der Waals surface area (Å²) >= 11 is 0. The van der Waals surface area contributed by atoms with Crippen molar-refractivity contribution in [2.45, 2.75) is 39.0 Å². The fraction of sp³-hybridized carbons (Fsp3) is 0.500. The second-order valence-corrected chi connectivity index (χ2v) is 3.49. The highest BCUT2D eigenvalue weighted by molar-refractivity contribution is 5.74. The van der Waals surface area contributed by atoms with Crippen molar-refractivity contribution >= 4 is 6.29 Å². The summed E-state index contributed by atoms with van der Waals surface area (Å²) in [5, 5.41) is 0.